The first kappa shape index (κ1) is 14.3. The second kappa shape index (κ2) is 6.00. The van der Waals surface area contributed by atoms with E-state index >= 15 is 0 Å². The fourth-order valence-corrected chi connectivity index (χ4v) is 2.69. The van der Waals surface area contributed by atoms with E-state index in [-0.39, 0.29) is 0 Å². The summed E-state index contributed by atoms with van der Waals surface area (Å²) in [5.41, 5.74) is 0.896. The number of benzene rings is 1. The van der Waals surface area contributed by atoms with Gasteiger partial charge < -0.3 is 14.3 Å². The first-order valence-electron chi connectivity index (χ1n) is 7.58. The first-order valence-corrected chi connectivity index (χ1v) is 7.58. The standard InChI is InChI=1S/C17H21NO3/c1-2-6-14-15(13-7-4-3-5-8-13)18-16(21-14)17(19)9-11-20-12-10-17/h3-5,7-8,19H,2,6,9-12H2,1H3. The highest BCUT2D eigenvalue weighted by Gasteiger charge is 2.37. The van der Waals surface area contributed by atoms with E-state index in [9.17, 15) is 5.11 Å². The number of hydrogen-bond donors (Lipinski definition) is 1. The second-order valence-electron chi connectivity index (χ2n) is 5.55. The lowest BCUT2D eigenvalue weighted by molar-refractivity contribution is -0.0836. The van der Waals surface area contributed by atoms with Gasteiger partial charge in [-0.25, -0.2) is 4.98 Å². The topological polar surface area (TPSA) is 55.5 Å². The third-order valence-electron chi connectivity index (χ3n) is 3.94. The number of aromatic nitrogens is 1. The molecule has 21 heavy (non-hydrogen) atoms. The lowest BCUT2D eigenvalue weighted by Crippen LogP contribution is -2.33. The Morgan fingerprint density at radius 1 is 1.19 bits per heavy atom. The molecule has 1 N–H and O–H groups in total. The Bertz CT molecular complexity index is 585. The summed E-state index contributed by atoms with van der Waals surface area (Å²) < 4.78 is 11.3. The molecule has 112 valence electrons. The molecule has 2 aromatic rings. The monoisotopic (exact) mass is 287 g/mol. The molecule has 0 saturated carbocycles. The van der Waals surface area contributed by atoms with Gasteiger partial charge in [0.05, 0.1) is 0 Å². The molecule has 1 fully saturated rings. The van der Waals surface area contributed by atoms with E-state index in [2.05, 4.69) is 11.9 Å². The van der Waals surface area contributed by atoms with Crippen molar-refractivity contribution in [1.82, 2.24) is 4.98 Å². The SMILES string of the molecule is CCCc1oc(C2(O)CCOCC2)nc1-c1ccccc1. The largest absolute Gasteiger partial charge is 0.442 e. The van der Waals surface area contributed by atoms with Gasteiger partial charge in [-0.15, -0.1) is 0 Å². The molecule has 0 spiro atoms. The lowest BCUT2D eigenvalue weighted by Gasteiger charge is -2.28. The van der Waals surface area contributed by atoms with Crippen molar-refractivity contribution in [2.75, 3.05) is 13.2 Å². The molecule has 0 unspecified atom stereocenters. The van der Waals surface area contributed by atoms with Crippen LogP contribution in [0.2, 0.25) is 0 Å². The molecule has 1 aliphatic rings. The Balaban J connectivity index is 2.00. The Morgan fingerprint density at radius 2 is 1.90 bits per heavy atom. The van der Waals surface area contributed by atoms with Crippen LogP contribution in [-0.2, 0) is 16.8 Å². The van der Waals surface area contributed by atoms with Gasteiger partial charge in [0.2, 0.25) is 5.89 Å². The zero-order valence-electron chi connectivity index (χ0n) is 12.3. The molecule has 2 heterocycles. The first-order chi connectivity index (χ1) is 10.2. The quantitative estimate of drug-likeness (QED) is 0.937. The molecule has 0 amide bonds. The molecule has 0 atom stereocenters. The summed E-state index contributed by atoms with van der Waals surface area (Å²) in [6, 6.07) is 10.0. The van der Waals surface area contributed by atoms with Crippen molar-refractivity contribution >= 4 is 0 Å². The molecule has 1 aliphatic heterocycles. The van der Waals surface area contributed by atoms with Gasteiger partial charge in [-0.2, -0.15) is 0 Å². The fraction of sp³-hybridized carbons (Fsp3) is 0.471. The predicted octanol–water partition coefficient (Wildman–Crippen LogP) is 3.29. The molecular weight excluding hydrogens is 266 g/mol. The van der Waals surface area contributed by atoms with Crippen molar-refractivity contribution in [3.8, 4) is 11.3 Å². The molecule has 1 aromatic carbocycles. The summed E-state index contributed by atoms with van der Waals surface area (Å²) in [5, 5.41) is 10.8. The normalized spacial score (nSPS) is 17.8. The van der Waals surface area contributed by atoms with Gasteiger partial charge in [0, 0.05) is 38.0 Å². The van der Waals surface area contributed by atoms with E-state index in [1.807, 2.05) is 30.3 Å². The maximum absolute atomic E-state index is 10.8. The second-order valence-corrected chi connectivity index (χ2v) is 5.55. The van der Waals surface area contributed by atoms with E-state index < -0.39 is 5.60 Å². The average Bonchev–Trinajstić information content (AvgIpc) is 2.94. The Labute approximate surface area is 124 Å². The maximum atomic E-state index is 10.8. The van der Waals surface area contributed by atoms with Gasteiger partial charge in [-0.1, -0.05) is 37.3 Å². The van der Waals surface area contributed by atoms with Gasteiger partial charge in [-0.05, 0) is 6.42 Å². The summed E-state index contributed by atoms with van der Waals surface area (Å²) in [5.74, 6) is 1.30. The van der Waals surface area contributed by atoms with Gasteiger partial charge in [-0.3, -0.25) is 0 Å². The third kappa shape index (κ3) is 2.87. The Morgan fingerprint density at radius 3 is 2.57 bits per heavy atom. The van der Waals surface area contributed by atoms with Crippen molar-refractivity contribution in [1.29, 1.82) is 0 Å². The van der Waals surface area contributed by atoms with Crippen LogP contribution >= 0.6 is 0 Å². The average molecular weight is 287 g/mol. The summed E-state index contributed by atoms with van der Waals surface area (Å²) in [7, 11) is 0. The zero-order valence-corrected chi connectivity index (χ0v) is 12.3. The Kier molecular flexibility index (Phi) is 4.08. The minimum atomic E-state index is -0.992. The summed E-state index contributed by atoms with van der Waals surface area (Å²) in [4.78, 5) is 4.62. The molecule has 0 aliphatic carbocycles. The van der Waals surface area contributed by atoms with Crippen LogP contribution in [0.25, 0.3) is 11.3 Å². The van der Waals surface area contributed by atoms with Crippen molar-refractivity contribution in [2.45, 2.75) is 38.2 Å². The number of nitrogens with zero attached hydrogens (tertiary/aromatic N) is 1. The van der Waals surface area contributed by atoms with E-state index in [1.165, 1.54) is 0 Å². The van der Waals surface area contributed by atoms with Crippen LogP contribution in [0.15, 0.2) is 34.7 Å². The molecular formula is C17H21NO3. The number of ether oxygens (including phenoxy) is 1. The van der Waals surface area contributed by atoms with E-state index in [1.54, 1.807) is 0 Å². The summed E-state index contributed by atoms with van der Waals surface area (Å²) in [6.45, 7) is 3.20. The smallest absolute Gasteiger partial charge is 0.227 e. The van der Waals surface area contributed by atoms with E-state index in [0.717, 1.165) is 29.9 Å². The van der Waals surface area contributed by atoms with E-state index in [0.29, 0.717) is 31.9 Å². The number of aryl methyl sites for hydroxylation is 1. The summed E-state index contributed by atoms with van der Waals surface area (Å²) >= 11 is 0. The molecule has 1 saturated heterocycles. The number of hydrogen-bond acceptors (Lipinski definition) is 4. The van der Waals surface area contributed by atoms with Crippen molar-refractivity contribution in [3.63, 3.8) is 0 Å². The minimum Gasteiger partial charge on any atom is -0.442 e. The van der Waals surface area contributed by atoms with Crippen molar-refractivity contribution in [3.05, 3.63) is 42.0 Å². The molecule has 1 aromatic heterocycles. The van der Waals surface area contributed by atoms with Crippen LogP contribution in [-0.4, -0.2) is 23.3 Å². The minimum absolute atomic E-state index is 0.438. The number of rotatable bonds is 4. The predicted molar refractivity (Wildman–Crippen MR) is 79.9 cm³/mol. The van der Waals surface area contributed by atoms with Crippen LogP contribution in [0.1, 0.15) is 37.8 Å². The van der Waals surface area contributed by atoms with Gasteiger partial charge in [0.15, 0.2) is 0 Å². The summed E-state index contributed by atoms with van der Waals surface area (Å²) in [6.07, 6.45) is 2.88. The van der Waals surface area contributed by atoms with Crippen LogP contribution in [0, 0.1) is 0 Å². The molecule has 0 radical (unpaired) electrons. The van der Waals surface area contributed by atoms with Crippen LogP contribution in [0.4, 0.5) is 0 Å². The van der Waals surface area contributed by atoms with Crippen LogP contribution < -0.4 is 0 Å². The maximum Gasteiger partial charge on any atom is 0.227 e. The Hall–Kier alpha value is -1.65. The number of oxazole rings is 1. The molecule has 4 nitrogen and oxygen atoms in total. The molecule has 0 bridgehead atoms. The fourth-order valence-electron chi connectivity index (χ4n) is 2.69. The zero-order chi connectivity index (χ0) is 14.7. The van der Waals surface area contributed by atoms with Crippen molar-refractivity contribution < 1.29 is 14.3 Å². The highest BCUT2D eigenvalue weighted by atomic mass is 16.5. The van der Waals surface area contributed by atoms with Crippen molar-refractivity contribution in [2.24, 2.45) is 0 Å². The highest BCUT2D eigenvalue weighted by molar-refractivity contribution is 5.61. The van der Waals surface area contributed by atoms with Gasteiger partial charge in [0.1, 0.15) is 17.1 Å². The number of aliphatic hydroxyl groups is 1. The van der Waals surface area contributed by atoms with E-state index in [4.69, 9.17) is 9.15 Å². The van der Waals surface area contributed by atoms with Crippen LogP contribution in [0.5, 0.6) is 0 Å². The lowest BCUT2D eigenvalue weighted by atomic mass is 9.94. The van der Waals surface area contributed by atoms with Gasteiger partial charge >= 0.3 is 0 Å². The van der Waals surface area contributed by atoms with Gasteiger partial charge in [0.25, 0.3) is 0 Å². The van der Waals surface area contributed by atoms with Crippen LogP contribution in [0.3, 0.4) is 0 Å². The molecule has 4 heteroatoms. The molecule has 3 rings (SSSR count). The third-order valence-corrected chi connectivity index (χ3v) is 3.94. The highest BCUT2D eigenvalue weighted by Crippen LogP contribution is 2.35.